The molecule has 0 aromatic carbocycles. The molecule has 1 aromatic rings. The molecule has 0 amide bonds. The fourth-order valence-electron chi connectivity index (χ4n) is 4.26. The Morgan fingerprint density at radius 1 is 1.42 bits per heavy atom. The van der Waals surface area contributed by atoms with E-state index in [-0.39, 0.29) is 0 Å². The van der Waals surface area contributed by atoms with Gasteiger partial charge in [-0.25, -0.2) is 0 Å². The first-order valence-electron chi connectivity index (χ1n) is 7.71. The lowest BCUT2D eigenvalue weighted by Crippen LogP contribution is -2.34. The molecule has 2 aliphatic carbocycles. The Labute approximate surface area is 129 Å². The van der Waals surface area contributed by atoms with E-state index in [1.54, 1.807) is 0 Å². The summed E-state index contributed by atoms with van der Waals surface area (Å²) in [7, 11) is 0. The lowest BCUT2D eigenvalue weighted by Gasteiger charge is -2.27. The van der Waals surface area contributed by atoms with E-state index in [0.29, 0.717) is 6.04 Å². The number of halogens is 1. The van der Waals surface area contributed by atoms with Gasteiger partial charge in [0.05, 0.1) is 0 Å². The van der Waals surface area contributed by atoms with Crippen molar-refractivity contribution in [3.8, 4) is 0 Å². The van der Waals surface area contributed by atoms with Crippen molar-refractivity contribution in [2.75, 3.05) is 6.54 Å². The largest absolute Gasteiger partial charge is 0.314 e. The summed E-state index contributed by atoms with van der Waals surface area (Å²) in [6, 6.07) is 2.97. The summed E-state index contributed by atoms with van der Waals surface area (Å²) < 4.78 is 1.24. The maximum atomic E-state index is 3.72. The van der Waals surface area contributed by atoms with Gasteiger partial charge in [-0.15, -0.1) is 11.3 Å². The highest BCUT2D eigenvalue weighted by atomic mass is 79.9. The normalized spacial score (nSPS) is 30.9. The van der Waals surface area contributed by atoms with E-state index in [9.17, 15) is 0 Å². The van der Waals surface area contributed by atoms with Crippen LogP contribution in [0.4, 0.5) is 0 Å². The number of hydrogen-bond donors (Lipinski definition) is 1. The van der Waals surface area contributed by atoms with Gasteiger partial charge in [-0.3, -0.25) is 0 Å². The number of hydrogen-bond acceptors (Lipinski definition) is 2. The minimum atomic E-state index is 0.680. The summed E-state index contributed by atoms with van der Waals surface area (Å²) in [5.74, 6) is 3.14. The van der Waals surface area contributed by atoms with E-state index < -0.39 is 0 Å². The predicted molar refractivity (Wildman–Crippen MR) is 86.7 cm³/mol. The van der Waals surface area contributed by atoms with Gasteiger partial charge in [0.15, 0.2) is 0 Å². The number of fused-ring (bicyclic) bond motifs is 2. The van der Waals surface area contributed by atoms with Gasteiger partial charge in [0.1, 0.15) is 0 Å². The molecule has 2 aliphatic rings. The molecule has 0 spiro atoms. The minimum absolute atomic E-state index is 0.680. The van der Waals surface area contributed by atoms with Crippen molar-refractivity contribution in [3.05, 3.63) is 20.8 Å². The monoisotopic (exact) mass is 341 g/mol. The maximum absolute atomic E-state index is 3.72. The Morgan fingerprint density at radius 3 is 2.89 bits per heavy atom. The van der Waals surface area contributed by atoms with Crippen LogP contribution in [0.1, 0.15) is 43.9 Å². The molecule has 0 saturated heterocycles. The maximum Gasteiger partial charge on any atom is 0.0285 e. The predicted octanol–water partition coefficient (Wildman–Crippen LogP) is 4.86. The second-order valence-corrected chi connectivity index (χ2v) is 8.27. The van der Waals surface area contributed by atoms with E-state index in [1.165, 1.54) is 47.9 Å². The third-order valence-corrected chi connectivity index (χ3v) is 6.75. The molecule has 0 radical (unpaired) electrons. The number of rotatable bonds is 6. The van der Waals surface area contributed by atoms with E-state index in [1.807, 2.05) is 11.3 Å². The zero-order valence-electron chi connectivity index (χ0n) is 11.7. The van der Waals surface area contributed by atoms with Gasteiger partial charge in [0, 0.05) is 20.8 Å². The van der Waals surface area contributed by atoms with E-state index >= 15 is 0 Å². The third kappa shape index (κ3) is 3.43. The molecule has 3 heteroatoms. The van der Waals surface area contributed by atoms with Crippen LogP contribution in [0.3, 0.4) is 0 Å². The third-order valence-electron chi connectivity index (χ3n) is 5.03. The van der Waals surface area contributed by atoms with Crippen molar-refractivity contribution in [1.82, 2.24) is 5.32 Å². The van der Waals surface area contributed by atoms with Crippen LogP contribution in [-0.4, -0.2) is 12.6 Å². The average Bonchev–Trinajstić information content (AvgIpc) is 3.06. The van der Waals surface area contributed by atoms with Crippen LogP contribution in [0.15, 0.2) is 15.9 Å². The van der Waals surface area contributed by atoms with E-state index in [2.05, 4.69) is 39.6 Å². The van der Waals surface area contributed by atoms with Gasteiger partial charge in [-0.2, -0.15) is 0 Å². The van der Waals surface area contributed by atoms with Gasteiger partial charge in [-0.05, 0) is 78.4 Å². The van der Waals surface area contributed by atoms with Gasteiger partial charge in [-0.1, -0.05) is 13.3 Å². The zero-order valence-corrected chi connectivity index (χ0v) is 14.1. The molecule has 3 rings (SSSR count). The summed E-state index contributed by atoms with van der Waals surface area (Å²) in [6.07, 6.45) is 8.68. The zero-order chi connectivity index (χ0) is 13.2. The fraction of sp³-hybridized carbons (Fsp3) is 0.750. The highest BCUT2D eigenvalue weighted by Gasteiger charge is 2.39. The minimum Gasteiger partial charge on any atom is -0.314 e. The second-order valence-electron chi connectivity index (χ2n) is 6.36. The quantitative estimate of drug-likeness (QED) is 0.779. The summed E-state index contributed by atoms with van der Waals surface area (Å²) >= 11 is 5.46. The van der Waals surface area contributed by atoms with Crippen molar-refractivity contribution in [2.24, 2.45) is 17.8 Å². The molecule has 1 heterocycles. The van der Waals surface area contributed by atoms with Crippen LogP contribution in [0.5, 0.6) is 0 Å². The first-order valence-corrected chi connectivity index (χ1v) is 9.38. The lowest BCUT2D eigenvalue weighted by atomic mass is 9.83. The molecule has 19 heavy (non-hydrogen) atoms. The van der Waals surface area contributed by atoms with E-state index in [4.69, 9.17) is 0 Å². The van der Waals surface area contributed by atoms with Crippen LogP contribution in [-0.2, 0) is 6.42 Å². The van der Waals surface area contributed by atoms with Crippen molar-refractivity contribution >= 4 is 27.3 Å². The van der Waals surface area contributed by atoms with Gasteiger partial charge >= 0.3 is 0 Å². The topological polar surface area (TPSA) is 12.0 Å². The standard InChI is InChI=1S/C16H24BrNS/c1-2-18-15(9-16-8-14(17)10-19-16)7-13-6-11-3-4-12(13)5-11/h8,10-13,15,18H,2-7,9H2,1H3. The SMILES string of the molecule is CCNC(Cc1cc(Br)cs1)CC1CC2CCC1C2. The highest BCUT2D eigenvalue weighted by Crippen LogP contribution is 2.50. The van der Waals surface area contributed by atoms with Gasteiger partial charge in [0.2, 0.25) is 0 Å². The molecule has 4 atom stereocenters. The summed E-state index contributed by atoms with van der Waals surface area (Å²) in [4.78, 5) is 1.51. The molecule has 4 unspecified atom stereocenters. The Bertz CT molecular complexity index is 417. The van der Waals surface area contributed by atoms with Crippen LogP contribution < -0.4 is 5.32 Å². The first-order chi connectivity index (χ1) is 9.24. The Balaban J connectivity index is 1.58. The second kappa shape index (κ2) is 6.28. The lowest BCUT2D eigenvalue weighted by molar-refractivity contribution is 0.278. The number of nitrogens with one attached hydrogen (secondary N) is 1. The van der Waals surface area contributed by atoms with Crippen LogP contribution in [0.2, 0.25) is 0 Å². The Hall–Kier alpha value is 0.140. The Morgan fingerprint density at radius 2 is 2.32 bits per heavy atom. The van der Waals surface area contributed by atoms with Crippen LogP contribution >= 0.6 is 27.3 Å². The fourth-order valence-corrected chi connectivity index (χ4v) is 5.79. The van der Waals surface area contributed by atoms with Gasteiger partial charge in [0.25, 0.3) is 0 Å². The molecule has 2 saturated carbocycles. The summed E-state index contributed by atoms with van der Waals surface area (Å²) in [5.41, 5.74) is 0. The van der Waals surface area contributed by atoms with Crippen LogP contribution in [0.25, 0.3) is 0 Å². The van der Waals surface area contributed by atoms with Crippen molar-refractivity contribution in [3.63, 3.8) is 0 Å². The van der Waals surface area contributed by atoms with Crippen molar-refractivity contribution in [2.45, 2.75) is 51.5 Å². The number of thiophene rings is 1. The Kier molecular flexibility index (Phi) is 4.66. The average molecular weight is 342 g/mol. The van der Waals surface area contributed by atoms with Crippen LogP contribution in [0, 0.1) is 17.8 Å². The van der Waals surface area contributed by atoms with Crippen molar-refractivity contribution < 1.29 is 0 Å². The van der Waals surface area contributed by atoms with Crippen molar-refractivity contribution in [1.29, 1.82) is 0 Å². The molecular weight excluding hydrogens is 318 g/mol. The first kappa shape index (κ1) is 14.1. The molecule has 0 aliphatic heterocycles. The molecular formula is C16H24BrNS. The number of likely N-dealkylation sites (N-methyl/N-ethyl adjacent to an activating group) is 1. The molecule has 1 nitrogen and oxygen atoms in total. The van der Waals surface area contributed by atoms with E-state index in [0.717, 1.165) is 24.3 Å². The van der Waals surface area contributed by atoms with Gasteiger partial charge < -0.3 is 5.32 Å². The summed E-state index contributed by atoms with van der Waals surface area (Å²) in [6.45, 7) is 3.33. The highest BCUT2D eigenvalue weighted by molar-refractivity contribution is 9.10. The molecule has 1 aromatic heterocycles. The molecule has 2 bridgehead atoms. The molecule has 1 N–H and O–H groups in total. The molecule has 2 fully saturated rings. The molecule has 106 valence electrons. The summed E-state index contributed by atoms with van der Waals surface area (Å²) in [5, 5.41) is 5.92. The smallest absolute Gasteiger partial charge is 0.0285 e.